The molecular formula is C22H26ClN5O. The van der Waals surface area contributed by atoms with Crippen LogP contribution >= 0.6 is 11.6 Å². The Bertz CT molecular complexity index is 978. The van der Waals surface area contributed by atoms with Gasteiger partial charge in [0.05, 0.1) is 18.3 Å². The molecule has 0 unspecified atom stereocenters. The quantitative estimate of drug-likeness (QED) is 0.508. The summed E-state index contributed by atoms with van der Waals surface area (Å²) in [6, 6.07) is 9.41. The van der Waals surface area contributed by atoms with Crippen molar-refractivity contribution in [2.24, 2.45) is 5.92 Å². The van der Waals surface area contributed by atoms with E-state index in [9.17, 15) is 5.11 Å². The third-order valence-corrected chi connectivity index (χ3v) is 5.29. The lowest BCUT2D eigenvalue weighted by molar-refractivity contribution is 0.248. The highest BCUT2D eigenvalue weighted by molar-refractivity contribution is 6.31. The number of aromatic nitrogens is 3. The number of benzene rings is 1. The zero-order valence-corrected chi connectivity index (χ0v) is 17.8. The van der Waals surface area contributed by atoms with Crippen LogP contribution < -0.4 is 10.6 Å². The third kappa shape index (κ3) is 5.02. The SMILES string of the molecule is Cc1ccc(Cl)c(C)c1Nc1cc(-c2ccncc2)nc(N[C@H](CO)C(C)C)n1. The second-order valence-electron chi connectivity index (χ2n) is 7.36. The lowest BCUT2D eigenvalue weighted by atomic mass is 10.1. The minimum Gasteiger partial charge on any atom is -0.394 e. The van der Waals surface area contributed by atoms with Crippen molar-refractivity contribution >= 4 is 29.1 Å². The number of pyridine rings is 1. The van der Waals surface area contributed by atoms with Gasteiger partial charge in [0, 0.05) is 34.7 Å². The average Bonchev–Trinajstić information content (AvgIpc) is 2.72. The van der Waals surface area contributed by atoms with E-state index in [-0.39, 0.29) is 18.6 Å². The zero-order chi connectivity index (χ0) is 21.0. The molecular weight excluding hydrogens is 386 g/mol. The second-order valence-corrected chi connectivity index (χ2v) is 7.77. The molecule has 152 valence electrons. The normalized spacial score (nSPS) is 12.1. The van der Waals surface area contributed by atoms with Gasteiger partial charge in [0.2, 0.25) is 5.95 Å². The number of hydrogen-bond donors (Lipinski definition) is 3. The number of aliphatic hydroxyl groups is 1. The molecule has 2 heterocycles. The van der Waals surface area contributed by atoms with Gasteiger partial charge >= 0.3 is 0 Å². The molecule has 6 nitrogen and oxygen atoms in total. The molecule has 2 aromatic heterocycles. The maximum Gasteiger partial charge on any atom is 0.225 e. The molecule has 0 saturated carbocycles. The van der Waals surface area contributed by atoms with Gasteiger partial charge in [-0.25, -0.2) is 4.98 Å². The molecule has 0 saturated heterocycles. The van der Waals surface area contributed by atoms with Crippen LogP contribution in [0.15, 0.2) is 42.7 Å². The summed E-state index contributed by atoms with van der Waals surface area (Å²) in [5.41, 5.74) is 4.63. The first kappa shape index (κ1) is 21.0. The van der Waals surface area contributed by atoms with E-state index in [1.165, 1.54) is 0 Å². The molecule has 0 radical (unpaired) electrons. The van der Waals surface area contributed by atoms with Gasteiger partial charge < -0.3 is 15.7 Å². The maximum atomic E-state index is 9.70. The van der Waals surface area contributed by atoms with Crippen LogP contribution in [0.5, 0.6) is 0 Å². The number of halogens is 1. The summed E-state index contributed by atoms with van der Waals surface area (Å²) in [5.74, 6) is 1.32. The third-order valence-electron chi connectivity index (χ3n) is 4.88. The Morgan fingerprint density at radius 3 is 2.45 bits per heavy atom. The van der Waals surface area contributed by atoms with E-state index in [4.69, 9.17) is 11.6 Å². The highest BCUT2D eigenvalue weighted by Gasteiger charge is 2.16. The molecule has 0 aliphatic rings. The summed E-state index contributed by atoms with van der Waals surface area (Å²) >= 11 is 6.31. The first-order valence-corrected chi connectivity index (χ1v) is 9.96. The molecule has 3 rings (SSSR count). The summed E-state index contributed by atoms with van der Waals surface area (Å²) in [7, 11) is 0. The Balaban J connectivity index is 2.04. The molecule has 0 fully saturated rings. The van der Waals surface area contributed by atoms with E-state index in [1.807, 2.05) is 58.0 Å². The van der Waals surface area contributed by atoms with E-state index >= 15 is 0 Å². The van der Waals surface area contributed by atoms with E-state index < -0.39 is 0 Å². The van der Waals surface area contributed by atoms with Crippen molar-refractivity contribution < 1.29 is 5.11 Å². The summed E-state index contributed by atoms with van der Waals surface area (Å²) in [4.78, 5) is 13.4. The number of hydrogen-bond acceptors (Lipinski definition) is 6. The largest absolute Gasteiger partial charge is 0.394 e. The molecule has 3 aromatic rings. The molecule has 1 atom stereocenters. The first-order valence-electron chi connectivity index (χ1n) is 9.58. The fraction of sp³-hybridized carbons (Fsp3) is 0.318. The van der Waals surface area contributed by atoms with Gasteiger partial charge in [-0.15, -0.1) is 0 Å². The predicted octanol–water partition coefficient (Wildman–Crippen LogP) is 4.98. The minimum absolute atomic E-state index is 0.00418. The lowest BCUT2D eigenvalue weighted by Crippen LogP contribution is -2.30. The topological polar surface area (TPSA) is 83.0 Å². The minimum atomic E-state index is -0.148. The molecule has 0 bridgehead atoms. The summed E-state index contributed by atoms with van der Waals surface area (Å²) in [5, 5.41) is 17.0. The fourth-order valence-corrected chi connectivity index (χ4v) is 3.13. The summed E-state index contributed by atoms with van der Waals surface area (Å²) < 4.78 is 0. The Kier molecular flexibility index (Phi) is 6.67. The van der Waals surface area contributed by atoms with Crippen LogP contribution in [0.1, 0.15) is 25.0 Å². The van der Waals surface area contributed by atoms with E-state index in [0.717, 1.165) is 28.1 Å². The number of aliphatic hydroxyl groups excluding tert-OH is 1. The highest BCUT2D eigenvalue weighted by atomic mass is 35.5. The Morgan fingerprint density at radius 2 is 1.79 bits per heavy atom. The first-order chi connectivity index (χ1) is 13.9. The van der Waals surface area contributed by atoms with Gasteiger partial charge in [-0.3, -0.25) is 4.98 Å². The predicted molar refractivity (Wildman–Crippen MR) is 119 cm³/mol. The lowest BCUT2D eigenvalue weighted by Gasteiger charge is -2.21. The standard InChI is InChI=1S/C22H26ClN5O/c1-13(2)19(12-29)26-22-25-18(16-7-9-24-10-8-16)11-20(28-22)27-21-14(3)5-6-17(23)15(21)4/h5-11,13,19,29H,12H2,1-4H3,(H2,25,26,27,28)/t19-/m1/s1. The number of nitrogens with one attached hydrogen (secondary N) is 2. The van der Waals surface area contributed by atoms with Crippen LogP contribution in [0, 0.1) is 19.8 Å². The van der Waals surface area contributed by atoms with Crippen LogP contribution in [0.4, 0.5) is 17.5 Å². The van der Waals surface area contributed by atoms with Crippen LogP contribution in [-0.4, -0.2) is 32.7 Å². The summed E-state index contributed by atoms with van der Waals surface area (Å²) in [6.45, 7) is 8.07. The Morgan fingerprint density at radius 1 is 1.07 bits per heavy atom. The molecule has 29 heavy (non-hydrogen) atoms. The van der Waals surface area contributed by atoms with Gasteiger partial charge in [0.15, 0.2) is 0 Å². The average molecular weight is 412 g/mol. The highest BCUT2D eigenvalue weighted by Crippen LogP contribution is 2.31. The molecule has 0 aliphatic heterocycles. The van der Waals surface area contributed by atoms with Gasteiger partial charge in [-0.1, -0.05) is 31.5 Å². The Hall–Kier alpha value is -2.70. The van der Waals surface area contributed by atoms with Gasteiger partial charge in [0.25, 0.3) is 0 Å². The van der Waals surface area contributed by atoms with E-state index in [0.29, 0.717) is 16.8 Å². The van der Waals surface area contributed by atoms with Crippen molar-refractivity contribution in [2.75, 3.05) is 17.2 Å². The van der Waals surface area contributed by atoms with Gasteiger partial charge in [0.1, 0.15) is 5.82 Å². The maximum absolute atomic E-state index is 9.70. The summed E-state index contributed by atoms with van der Waals surface area (Å²) in [6.07, 6.45) is 3.46. The second kappa shape index (κ2) is 9.20. The smallest absolute Gasteiger partial charge is 0.225 e. The van der Waals surface area contributed by atoms with Crippen LogP contribution in [0.25, 0.3) is 11.3 Å². The van der Waals surface area contributed by atoms with Crippen molar-refractivity contribution in [2.45, 2.75) is 33.7 Å². The molecule has 7 heteroatoms. The fourth-order valence-electron chi connectivity index (χ4n) is 2.98. The molecule has 0 amide bonds. The van der Waals surface area contributed by atoms with Crippen molar-refractivity contribution in [1.29, 1.82) is 0 Å². The molecule has 0 spiro atoms. The van der Waals surface area contributed by atoms with Gasteiger partial charge in [-0.05, 0) is 49.1 Å². The van der Waals surface area contributed by atoms with Crippen molar-refractivity contribution in [3.63, 3.8) is 0 Å². The number of nitrogens with zero attached hydrogens (tertiary/aromatic N) is 3. The van der Waals surface area contributed by atoms with Gasteiger partial charge in [-0.2, -0.15) is 4.98 Å². The van der Waals surface area contributed by atoms with Crippen molar-refractivity contribution in [3.05, 3.63) is 58.9 Å². The zero-order valence-electron chi connectivity index (χ0n) is 17.1. The van der Waals surface area contributed by atoms with Crippen molar-refractivity contribution in [3.8, 4) is 11.3 Å². The molecule has 0 aliphatic carbocycles. The van der Waals surface area contributed by atoms with Crippen LogP contribution in [-0.2, 0) is 0 Å². The number of rotatable bonds is 7. The molecule has 1 aromatic carbocycles. The van der Waals surface area contributed by atoms with E-state index in [2.05, 4.69) is 25.6 Å². The monoisotopic (exact) mass is 411 g/mol. The van der Waals surface area contributed by atoms with Crippen molar-refractivity contribution in [1.82, 2.24) is 15.0 Å². The molecule has 3 N–H and O–H groups in total. The number of anilines is 3. The van der Waals surface area contributed by atoms with Crippen LogP contribution in [0.3, 0.4) is 0 Å². The van der Waals surface area contributed by atoms with E-state index in [1.54, 1.807) is 12.4 Å². The Labute approximate surface area is 176 Å². The number of aryl methyl sites for hydroxylation is 1. The van der Waals surface area contributed by atoms with Crippen LogP contribution in [0.2, 0.25) is 5.02 Å².